The van der Waals surface area contributed by atoms with Gasteiger partial charge in [0, 0.05) is 16.5 Å². The average Bonchev–Trinajstić information content (AvgIpc) is 2.82. The van der Waals surface area contributed by atoms with Crippen LogP contribution in [0.2, 0.25) is 0 Å². The standard InChI is InChI=1S/C18H14N2O/c1-12-10-11-17(18(21)19-12)20-15-8-4-2-6-13(15)14-7-3-5-9-16(14)20/h2-11H,1H3,(H,19,21). The van der Waals surface area contributed by atoms with Crippen LogP contribution in [0.15, 0.2) is 65.5 Å². The molecule has 3 heteroatoms. The number of aryl methyl sites for hydroxylation is 1. The van der Waals surface area contributed by atoms with Crippen LogP contribution < -0.4 is 5.56 Å². The van der Waals surface area contributed by atoms with E-state index in [9.17, 15) is 4.79 Å². The third kappa shape index (κ3) is 1.71. The molecule has 0 aliphatic carbocycles. The molecule has 0 atom stereocenters. The van der Waals surface area contributed by atoms with Gasteiger partial charge in [-0.05, 0) is 31.2 Å². The zero-order valence-corrected chi connectivity index (χ0v) is 11.6. The van der Waals surface area contributed by atoms with E-state index in [1.165, 1.54) is 0 Å². The van der Waals surface area contributed by atoms with Gasteiger partial charge in [-0.15, -0.1) is 0 Å². The molecule has 0 saturated heterocycles. The van der Waals surface area contributed by atoms with E-state index in [-0.39, 0.29) is 5.56 Å². The molecule has 0 amide bonds. The molecule has 2 aromatic heterocycles. The summed E-state index contributed by atoms with van der Waals surface area (Å²) in [7, 11) is 0. The Morgan fingerprint density at radius 2 is 1.38 bits per heavy atom. The van der Waals surface area contributed by atoms with Crippen LogP contribution in [-0.4, -0.2) is 9.55 Å². The lowest BCUT2D eigenvalue weighted by Crippen LogP contribution is -2.14. The number of nitrogens with zero attached hydrogens (tertiary/aromatic N) is 1. The monoisotopic (exact) mass is 274 g/mol. The van der Waals surface area contributed by atoms with Gasteiger partial charge >= 0.3 is 0 Å². The van der Waals surface area contributed by atoms with E-state index in [0.717, 1.165) is 27.5 Å². The summed E-state index contributed by atoms with van der Waals surface area (Å²) < 4.78 is 2.03. The molecule has 3 nitrogen and oxygen atoms in total. The Hall–Kier alpha value is -2.81. The molecule has 0 aliphatic rings. The van der Waals surface area contributed by atoms with Gasteiger partial charge in [0.15, 0.2) is 0 Å². The molecular formula is C18H14N2O. The number of aromatic nitrogens is 2. The summed E-state index contributed by atoms with van der Waals surface area (Å²) in [6, 6.07) is 20.2. The SMILES string of the molecule is Cc1ccc(-n2c3ccccc3c3ccccc32)c(=O)[nH]1. The smallest absolute Gasteiger partial charge is 0.272 e. The van der Waals surface area contributed by atoms with Crippen LogP contribution in [0.4, 0.5) is 0 Å². The minimum atomic E-state index is -0.0680. The molecule has 2 aromatic carbocycles. The highest BCUT2D eigenvalue weighted by Crippen LogP contribution is 2.30. The van der Waals surface area contributed by atoms with Gasteiger partial charge in [0.1, 0.15) is 5.69 Å². The lowest BCUT2D eigenvalue weighted by Gasteiger charge is -2.06. The molecule has 4 rings (SSSR count). The van der Waals surface area contributed by atoms with Crippen LogP contribution in [-0.2, 0) is 0 Å². The summed E-state index contributed by atoms with van der Waals surface area (Å²) in [5.74, 6) is 0. The van der Waals surface area contributed by atoms with Crippen molar-refractivity contribution in [3.05, 3.63) is 76.7 Å². The van der Waals surface area contributed by atoms with E-state index in [0.29, 0.717) is 5.69 Å². The van der Waals surface area contributed by atoms with Crippen molar-refractivity contribution in [3.8, 4) is 5.69 Å². The minimum Gasteiger partial charge on any atom is -0.325 e. The Balaban J connectivity index is 2.23. The number of pyridine rings is 1. The van der Waals surface area contributed by atoms with E-state index in [4.69, 9.17) is 0 Å². The van der Waals surface area contributed by atoms with Crippen molar-refractivity contribution in [1.29, 1.82) is 0 Å². The van der Waals surface area contributed by atoms with Gasteiger partial charge in [-0.2, -0.15) is 0 Å². The first-order chi connectivity index (χ1) is 10.3. The van der Waals surface area contributed by atoms with Gasteiger partial charge < -0.3 is 9.55 Å². The van der Waals surface area contributed by atoms with Gasteiger partial charge in [0.2, 0.25) is 0 Å². The van der Waals surface area contributed by atoms with Crippen molar-refractivity contribution < 1.29 is 0 Å². The van der Waals surface area contributed by atoms with E-state index < -0.39 is 0 Å². The Morgan fingerprint density at radius 1 is 0.810 bits per heavy atom. The fourth-order valence-corrected chi connectivity index (χ4v) is 2.92. The second kappa shape index (κ2) is 4.35. The summed E-state index contributed by atoms with van der Waals surface area (Å²) >= 11 is 0. The first-order valence-corrected chi connectivity index (χ1v) is 6.94. The summed E-state index contributed by atoms with van der Waals surface area (Å²) in [5, 5.41) is 2.32. The van der Waals surface area contributed by atoms with Gasteiger partial charge in [-0.1, -0.05) is 36.4 Å². The lowest BCUT2D eigenvalue weighted by molar-refractivity contribution is 1.06. The highest BCUT2D eigenvalue weighted by atomic mass is 16.1. The highest BCUT2D eigenvalue weighted by molar-refractivity contribution is 6.09. The predicted octanol–water partition coefficient (Wildman–Crippen LogP) is 3.78. The molecule has 102 valence electrons. The molecule has 0 saturated carbocycles. The number of nitrogens with one attached hydrogen (secondary N) is 1. The van der Waals surface area contributed by atoms with Crippen LogP contribution in [0, 0.1) is 6.92 Å². The lowest BCUT2D eigenvalue weighted by atomic mass is 10.2. The maximum absolute atomic E-state index is 12.3. The van der Waals surface area contributed by atoms with E-state index >= 15 is 0 Å². The number of hydrogen-bond acceptors (Lipinski definition) is 1. The number of fused-ring (bicyclic) bond motifs is 3. The summed E-state index contributed by atoms with van der Waals surface area (Å²) in [4.78, 5) is 15.2. The Bertz CT molecular complexity index is 971. The van der Waals surface area contributed by atoms with Crippen molar-refractivity contribution in [3.63, 3.8) is 0 Å². The van der Waals surface area contributed by atoms with Crippen LogP contribution in [0.1, 0.15) is 5.69 Å². The quantitative estimate of drug-likeness (QED) is 0.563. The average molecular weight is 274 g/mol. The molecule has 0 radical (unpaired) electrons. The number of hydrogen-bond donors (Lipinski definition) is 1. The number of benzene rings is 2. The normalized spacial score (nSPS) is 11.3. The maximum atomic E-state index is 12.3. The largest absolute Gasteiger partial charge is 0.325 e. The molecule has 1 N–H and O–H groups in total. The fourth-order valence-electron chi connectivity index (χ4n) is 2.92. The maximum Gasteiger partial charge on any atom is 0.272 e. The molecule has 2 heterocycles. The Morgan fingerprint density at radius 3 is 1.95 bits per heavy atom. The first kappa shape index (κ1) is 12.0. The van der Waals surface area contributed by atoms with Crippen molar-refractivity contribution in [2.24, 2.45) is 0 Å². The second-order valence-electron chi connectivity index (χ2n) is 5.23. The van der Waals surface area contributed by atoms with Crippen molar-refractivity contribution in [2.75, 3.05) is 0 Å². The Labute approximate surface area is 121 Å². The fraction of sp³-hybridized carbons (Fsp3) is 0.0556. The molecule has 0 bridgehead atoms. The molecule has 21 heavy (non-hydrogen) atoms. The van der Waals surface area contributed by atoms with Gasteiger partial charge in [-0.3, -0.25) is 4.79 Å². The summed E-state index contributed by atoms with van der Waals surface area (Å²) in [5.41, 5.74) is 3.55. The summed E-state index contributed by atoms with van der Waals surface area (Å²) in [6.07, 6.45) is 0. The molecule has 0 fully saturated rings. The second-order valence-corrected chi connectivity index (χ2v) is 5.23. The van der Waals surface area contributed by atoms with Crippen LogP contribution >= 0.6 is 0 Å². The third-order valence-corrected chi connectivity index (χ3v) is 3.86. The zero-order chi connectivity index (χ0) is 14.4. The predicted molar refractivity (Wildman–Crippen MR) is 86.1 cm³/mol. The van der Waals surface area contributed by atoms with Gasteiger partial charge in [0.25, 0.3) is 5.56 Å². The van der Waals surface area contributed by atoms with Crippen molar-refractivity contribution in [1.82, 2.24) is 9.55 Å². The molecule has 0 spiro atoms. The molecule has 4 aromatic rings. The third-order valence-electron chi connectivity index (χ3n) is 3.86. The zero-order valence-electron chi connectivity index (χ0n) is 11.6. The number of aromatic amines is 1. The highest BCUT2D eigenvalue weighted by Gasteiger charge is 2.13. The van der Waals surface area contributed by atoms with E-state index in [1.54, 1.807) is 0 Å². The van der Waals surface area contributed by atoms with Gasteiger partial charge in [0.05, 0.1) is 11.0 Å². The van der Waals surface area contributed by atoms with E-state index in [1.807, 2.05) is 47.9 Å². The minimum absolute atomic E-state index is 0.0680. The molecule has 0 aliphatic heterocycles. The van der Waals surface area contributed by atoms with Crippen molar-refractivity contribution in [2.45, 2.75) is 6.92 Å². The summed E-state index contributed by atoms with van der Waals surface area (Å²) in [6.45, 7) is 1.89. The van der Waals surface area contributed by atoms with Gasteiger partial charge in [-0.25, -0.2) is 0 Å². The van der Waals surface area contributed by atoms with Crippen LogP contribution in [0.3, 0.4) is 0 Å². The van der Waals surface area contributed by atoms with Crippen LogP contribution in [0.25, 0.3) is 27.5 Å². The molecular weight excluding hydrogens is 260 g/mol. The van der Waals surface area contributed by atoms with E-state index in [2.05, 4.69) is 29.2 Å². The van der Waals surface area contributed by atoms with Crippen LogP contribution in [0.5, 0.6) is 0 Å². The number of H-pyrrole nitrogens is 1. The Kier molecular flexibility index (Phi) is 2.48. The first-order valence-electron chi connectivity index (χ1n) is 6.94. The number of rotatable bonds is 1. The van der Waals surface area contributed by atoms with Crippen molar-refractivity contribution >= 4 is 21.8 Å². The molecule has 0 unspecified atom stereocenters. The number of para-hydroxylation sites is 2. The topological polar surface area (TPSA) is 37.8 Å².